The molecule has 0 amide bonds. The van der Waals surface area contributed by atoms with Crippen molar-refractivity contribution < 1.29 is 0 Å². The van der Waals surface area contributed by atoms with Crippen molar-refractivity contribution in [1.29, 1.82) is 0 Å². The van der Waals surface area contributed by atoms with Gasteiger partial charge in [-0.25, -0.2) is 4.98 Å². The van der Waals surface area contributed by atoms with E-state index in [9.17, 15) is 0 Å². The summed E-state index contributed by atoms with van der Waals surface area (Å²) in [5, 5.41) is 3.49. The number of hydrogen-bond acceptors (Lipinski definition) is 2. The molecule has 19 heavy (non-hydrogen) atoms. The van der Waals surface area contributed by atoms with Crippen molar-refractivity contribution >= 4 is 15.9 Å². The topological polar surface area (TPSA) is 29.9 Å². The van der Waals surface area contributed by atoms with Gasteiger partial charge in [0.2, 0.25) is 0 Å². The van der Waals surface area contributed by atoms with E-state index in [1.165, 1.54) is 11.3 Å². The van der Waals surface area contributed by atoms with Crippen LogP contribution in [0.15, 0.2) is 41.3 Å². The number of rotatable bonds is 4. The van der Waals surface area contributed by atoms with Crippen LogP contribution in [-0.2, 0) is 13.1 Å². The van der Waals surface area contributed by atoms with Crippen LogP contribution in [0.5, 0.6) is 0 Å². The maximum absolute atomic E-state index is 4.26. The first kappa shape index (κ1) is 14.3. The molecule has 0 aliphatic heterocycles. The van der Waals surface area contributed by atoms with E-state index in [0.717, 1.165) is 17.6 Å². The maximum Gasteiger partial charge on any atom is 0.0951 e. The van der Waals surface area contributed by atoms with E-state index in [2.05, 4.69) is 69.8 Å². The summed E-state index contributed by atoms with van der Waals surface area (Å²) in [5.74, 6) is 0. The van der Waals surface area contributed by atoms with E-state index >= 15 is 0 Å². The molecule has 0 saturated heterocycles. The number of imidazole rings is 1. The average Bonchev–Trinajstić information content (AvgIpc) is 2.76. The van der Waals surface area contributed by atoms with Crippen LogP contribution >= 0.6 is 15.9 Å². The Kier molecular flexibility index (Phi) is 4.42. The molecule has 1 aromatic carbocycles. The highest BCUT2D eigenvalue weighted by atomic mass is 79.9. The summed E-state index contributed by atoms with van der Waals surface area (Å²) in [6.45, 7) is 8.17. The van der Waals surface area contributed by atoms with Crippen molar-refractivity contribution in [3.63, 3.8) is 0 Å². The van der Waals surface area contributed by atoms with Gasteiger partial charge in [-0.3, -0.25) is 0 Å². The third-order valence-electron chi connectivity index (χ3n) is 2.90. The van der Waals surface area contributed by atoms with E-state index in [4.69, 9.17) is 0 Å². The van der Waals surface area contributed by atoms with Crippen LogP contribution in [0.1, 0.15) is 32.0 Å². The van der Waals surface area contributed by atoms with Crippen molar-refractivity contribution in [1.82, 2.24) is 14.9 Å². The minimum atomic E-state index is 0.114. The molecule has 0 aliphatic rings. The quantitative estimate of drug-likeness (QED) is 0.932. The van der Waals surface area contributed by atoms with E-state index in [-0.39, 0.29) is 5.54 Å². The van der Waals surface area contributed by atoms with Crippen LogP contribution in [0, 0.1) is 0 Å². The van der Waals surface area contributed by atoms with E-state index < -0.39 is 0 Å². The van der Waals surface area contributed by atoms with Gasteiger partial charge in [-0.2, -0.15) is 0 Å². The van der Waals surface area contributed by atoms with Gasteiger partial charge in [-0.05, 0) is 32.4 Å². The summed E-state index contributed by atoms with van der Waals surface area (Å²) >= 11 is 3.59. The van der Waals surface area contributed by atoms with Crippen LogP contribution in [0.3, 0.4) is 0 Å². The molecule has 0 saturated carbocycles. The second-order valence-electron chi connectivity index (χ2n) is 5.71. The second kappa shape index (κ2) is 5.88. The summed E-state index contributed by atoms with van der Waals surface area (Å²) in [7, 11) is 0. The zero-order valence-electron chi connectivity index (χ0n) is 11.7. The van der Waals surface area contributed by atoms with Gasteiger partial charge in [0.1, 0.15) is 0 Å². The van der Waals surface area contributed by atoms with Gasteiger partial charge < -0.3 is 9.88 Å². The van der Waals surface area contributed by atoms with Crippen molar-refractivity contribution in [2.24, 2.45) is 0 Å². The van der Waals surface area contributed by atoms with Crippen LogP contribution in [0.25, 0.3) is 0 Å². The van der Waals surface area contributed by atoms with E-state index in [1.54, 1.807) is 0 Å². The lowest BCUT2D eigenvalue weighted by Crippen LogP contribution is -2.35. The Morgan fingerprint density at radius 2 is 2.00 bits per heavy atom. The molecule has 102 valence electrons. The molecule has 4 heteroatoms. The molecule has 0 aliphatic carbocycles. The minimum absolute atomic E-state index is 0.114. The largest absolute Gasteiger partial charge is 0.329 e. The highest BCUT2D eigenvalue weighted by molar-refractivity contribution is 9.10. The molecule has 0 unspecified atom stereocenters. The molecule has 3 nitrogen and oxygen atoms in total. The first-order valence-corrected chi connectivity index (χ1v) is 7.22. The Labute approximate surface area is 123 Å². The van der Waals surface area contributed by atoms with Crippen LogP contribution in [-0.4, -0.2) is 15.1 Å². The van der Waals surface area contributed by atoms with Crippen molar-refractivity contribution in [2.45, 2.75) is 39.4 Å². The molecule has 1 heterocycles. The molecular formula is C15H20BrN3. The molecule has 1 aromatic heterocycles. The zero-order valence-corrected chi connectivity index (χ0v) is 13.2. The molecule has 0 radical (unpaired) electrons. The predicted molar refractivity (Wildman–Crippen MR) is 82.1 cm³/mol. The lowest BCUT2D eigenvalue weighted by Gasteiger charge is -2.21. The number of nitrogens with one attached hydrogen (secondary N) is 1. The Bertz CT molecular complexity index is 540. The van der Waals surface area contributed by atoms with Crippen molar-refractivity contribution in [3.8, 4) is 0 Å². The number of benzene rings is 1. The zero-order chi connectivity index (χ0) is 13.9. The van der Waals surface area contributed by atoms with Gasteiger partial charge in [0.15, 0.2) is 0 Å². The van der Waals surface area contributed by atoms with Gasteiger partial charge in [0, 0.05) is 29.3 Å². The van der Waals surface area contributed by atoms with Gasteiger partial charge >= 0.3 is 0 Å². The number of nitrogens with zero attached hydrogens (tertiary/aromatic N) is 2. The molecule has 0 fully saturated rings. The Balaban J connectivity index is 2.10. The third kappa shape index (κ3) is 4.18. The number of halogens is 1. The SMILES string of the molecule is CC(C)(C)NCc1cncn1Cc1ccccc1Br. The van der Waals surface area contributed by atoms with Crippen molar-refractivity contribution in [3.05, 3.63) is 52.5 Å². The highest BCUT2D eigenvalue weighted by Crippen LogP contribution is 2.17. The molecule has 0 atom stereocenters. The van der Waals surface area contributed by atoms with Gasteiger partial charge in [-0.1, -0.05) is 34.1 Å². The predicted octanol–water partition coefficient (Wildman–Crippen LogP) is 3.58. The molecule has 0 bridgehead atoms. The molecular weight excluding hydrogens is 302 g/mol. The average molecular weight is 322 g/mol. The maximum atomic E-state index is 4.26. The lowest BCUT2D eigenvalue weighted by molar-refractivity contribution is 0.417. The lowest BCUT2D eigenvalue weighted by atomic mass is 10.1. The smallest absolute Gasteiger partial charge is 0.0951 e. The first-order chi connectivity index (χ1) is 8.96. The van der Waals surface area contributed by atoms with E-state index in [1.807, 2.05) is 18.6 Å². The Hall–Kier alpha value is -1.13. The van der Waals surface area contributed by atoms with Gasteiger partial charge in [0.05, 0.1) is 12.0 Å². The fourth-order valence-electron chi connectivity index (χ4n) is 1.80. The third-order valence-corrected chi connectivity index (χ3v) is 3.67. The van der Waals surface area contributed by atoms with Crippen LogP contribution in [0.2, 0.25) is 0 Å². The normalized spacial score (nSPS) is 11.8. The van der Waals surface area contributed by atoms with Gasteiger partial charge in [-0.15, -0.1) is 0 Å². The monoisotopic (exact) mass is 321 g/mol. The summed E-state index contributed by atoms with van der Waals surface area (Å²) in [5.41, 5.74) is 2.57. The molecule has 0 spiro atoms. The Morgan fingerprint density at radius 1 is 1.26 bits per heavy atom. The number of hydrogen-bond donors (Lipinski definition) is 1. The molecule has 2 aromatic rings. The number of aromatic nitrogens is 2. The fourth-order valence-corrected chi connectivity index (χ4v) is 2.21. The van der Waals surface area contributed by atoms with Crippen LogP contribution < -0.4 is 5.32 Å². The second-order valence-corrected chi connectivity index (χ2v) is 6.56. The van der Waals surface area contributed by atoms with Crippen molar-refractivity contribution in [2.75, 3.05) is 0 Å². The van der Waals surface area contributed by atoms with Gasteiger partial charge in [0.25, 0.3) is 0 Å². The fraction of sp³-hybridized carbons (Fsp3) is 0.400. The van der Waals surface area contributed by atoms with E-state index in [0.29, 0.717) is 0 Å². The standard InChI is InChI=1S/C15H20BrN3/c1-15(2,3)18-9-13-8-17-11-19(13)10-12-6-4-5-7-14(12)16/h4-8,11,18H,9-10H2,1-3H3. The summed E-state index contributed by atoms with van der Waals surface area (Å²) < 4.78 is 3.32. The summed E-state index contributed by atoms with van der Waals surface area (Å²) in [4.78, 5) is 4.26. The summed E-state index contributed by atoms with van der Waals surface area (Å²) in [6, 6.07) is 8.29. The summed E-state index contributed by atoms with van der Waals surface area (Å²) in [6.07, 6.45) is 3.81. The molecule has 1 N–H and O–H groups in total. The van der Waals surface area contributed by atoms with Crippen LogP contribution in [0.4, 0.5) is 0 Å². The first-order valence-electron chi connectivity index (χ1n) is 6.43. The minimum Gasteiger partial charge on any atom is -0.329 e. The molecule has 2 rings (SSSR count). The Morgan fingerprint density at radius 3 is 2.68 bits per heavy atom. The highest BCUT2D eigenvalue weighted by Gasteiger charge is 2.11.